The summed E-state index contributed by atoms with van der Waals surface area (Å²) in [6.45, 7) is 7.62. The number of Topliss-reactive ketones (excluding diaryl/α,β-unsaturated/α-hetero) is 1. The summed E-state index contributed by atoms with van der Waals surface area (Å²) in [5.74, 6) is 0.306. The molecule has 0 atom stereocenters. The van der Waals surface area contributed by atoms with Crippen molar-refractivity contribution in [2.75, 3.05) is 38.0 Å². The molecule has 2 aromatic heterocycles. The van der Waals surface area contributed by atoms with Gasteiger partial charge in [0.25, 0.3) is 11.5 Å². The summed E-state index contributed by atoms with van der Waals surface area (Å²) in [5.41, 5.74) is 0.346. The second-order valence-electron chi connectivity index (χ2n) is 9.28. The van der Waals surface area contributed by atoms with Gasteiger partial charge in [-0.1, -0.05) is 19.0 Å². The minimum atomic E-state index is -0.469. The second-order valence-corrected chi connectivity index (χ2v) is 9.28. The summed E-state index contributed by atoms with van der Waals surface area (Å²) >= 11 is 0. The van der Waals surface area contributed by atoms with Crippen LogP contribution in [0.2, 0.25) is 0 Å². The van der Waals surface area contributed by atoms with Gasteiger partial charge in [0.1, 0.15) is 11.3 Å². The Bertz CT molecular complexity index is 1120. The van der Waals surface area contributed by atoms with E-state index < -0.39 is 11.5 Å². The van der Waals surface area contributed by atoms with Gasteiger partial charge in [0.2, 0.25) is 5.91 Å². The first-order valence-corrected chi connectivity index (χ1v) is 10.7. The largest absolute Gasteiger partial charge is 0.360 e. The van der Waals surface area contributed by atoms with Crippen LogP contribution in [-0.4, -0.2) is 70.3 Å². The zero-order chi connectivity index (χ0) is 23.0. The van der Waals surface area contributed by atoms with Gasteiger partial charge in [-0.05, 0) is 24.8 Å². The molecule has 1 aliphatic carbocycles. The standard InChI is InChI=1S/C22H27N5O5/c1-13-8-18(25-32-13)24-19(29)12-26-4-6-27(7-5-26)21(31)15-9-14-16(23-20(15)30)10-22(2,3)11-17(14)28/h8-9H,4-7,10-12H2,1-3H3,(H,23,30)(H,24,25,29). The summed E-state index contributed by atoms with van der Waals surface area (Å²) in [7, 11) is 0. The average molecular weight is 441 g/mol. The Morgan fingerprint density at radius 1 is 1.16 bits per heavy atom. The van der Waals surface area contributed by atoms with Crippen molar-refractivity contribution < 1.29 is 18.9 Å². The van der Waals surface area contributed by atoms with Crippen molar-refractivity contribution in [3.63, 3.8) is 0 Å². The number of fused-ring (bicyclic) bond motifs is 1. The van der Waals surface area contributed by atoms with E-state index in [1.807, 2.05) is 18.7 Å². The Kier molecular flexibility index (Phi) is 5.72. The van der Waals surface area contributed by atoms with Crippen LogP contribution in [-0.2, 0) is 11.2 Å². The SMILES string of the molecule is Cc1cc(NC(=O)CN2CCN(C(=O)c3cc4c([nH]c3=O)CC(C)(C)CC4=O)CC2)no1. The molecule has 2 aliphatic rings. The van der Waals surface area contributed by atoms with Crippen molar-refractivity contribution >= 4 is 23.4 Å². The van der Waals surface area contributed by atoms with Crippen LogP contribution in [0.1, 0.15) is 52.4 Å². The number of amides is 2. The topological polar surface area (TPSA) is 129 Å². The molecule has 2 amide bonds. The smallest absolute Gasteiger partial charge is 0.261 e. The number of rotatable bonds is 4. The zero-order valence-electron chi connectivity index (χ0n) is 18.5. The fourth-order valence-corrected chi connectivity index (χ4v) is 4.28. The van der Waals surface area contributed by atoms with Crippen molar-refractivity contribution in [2.45, 2.75) is 33.6 Å². The molecule has 4 rings (SSSR count). The van der Waals surface area contributed by atoms with Gasteiger partial charge in [-0.25, -0.2) is 0 Å². The maximum absolute atomic E-state index is 13.0. The van der Waals surface area contributed by atoms with E-state index in [0.717, 1.165) is 0 Å². The monoisotopic (exact) mass is 441 g/mol. The van der Waals surface area contributed by atoms with Gasteiger partial charge in [0.05, 0.1) is 6.54 Å². The average Bonchev–Trinajstić information content (AvgIpc) is 3.11. The van der Waals surface area contributed by atoms with Gasteiger partial charge < -0.3 is 19.7 Å². The van der Waals surface area contributed by atoms with Crippen LogP contribution < -0.4 is 10.9 Å². The molecule has 32 heavy (non-hydrogen) atoms. The lowest BCUT2D eigenvalue weighted by molar-refractivity contribution is -0.117. The van der Waals surface area contributed by atoms with Crippen molar-refractivity contribution in [3.8, 4) is 0 Å². The van der Waals surface area contributed by atoms with E-state index in [-0.39, 0.29) is 29.2 Å². The summed E-state index contributed by atoms with van der Waals surface area (Å²) < 4.78 is 4.93. The van der Waals surface area contributed by atoms with Gasteiger partial charge in [0.15, 0.2) is 11.6 Å². The van der Waals surface area contributed by atoms with E-state index in [1.165, 1.54) is 6.07 Å². The molecule has 0 saturated carbocycles. The Morgan fingerprint density at radius 3 is 2.53 bits per heavy atom. The normalized spacial score (nSPS) is 18.3. The lowest BCUT2D eigenvalue weighted by atomic mass is 9.75. The van der Waals surface area contributed by atoms with Crippen LogP contribution in [0.3, 0.4) is 0 Å². The lowest BCUT2D eigenvalue weighted by Gasteiger charge is -2.34. The van der Waals surface area contributed by atoms with E-state index >= 15 is 0 Å². The van der Waals surface area contributed by atoms with Crippen LogP contribution in [0.5, 0.6) is 0 Å². The van der Waals surface area contributed by atoms with Crippen molar-refractivity contribution in [2.24, 2.45) is 5.41 Å². The van der Waals surface area contributed by atoms with Crippen LogP contribution >= 0.6 is 0 Å². The molecule has 2 N–H and O–H groups in total. The molecule has 10 nitrogen and oxygen atoms in total. The number of aromatic amines is 1. The Morgan fingerprint density at radius 2 is 1.88 bits per heavy atom. The first kappa shape index (κ1) is 21.9. The number of piperazine rings is 1. The number of anilines is 1. The molecule has 3 heterocycles. The van der Waals surface area contributed by atoms with Crippen LogP contribution in [0.15, 0.2) is 21.5 Å². The number of carbonyl (C=O) groups is 3. The van der Waals surface area contributed by atoms with Crippen LogP contribution in [0.25, 0.3) is 0 Å². The number of carbonyl (C=O) groups excluding carboxylic acids is 3. The van der Waals surface area contributed by atoms with Gasteiger partial charge >= 0.3 is 0 Å². The van der Waals surface area contributed by atoms with E-state index in [4.69, 9.17) is 4.52 Å². The Balaban J connectivity index is 1.37. The molecule has 1 fully saturated rings. The van der Waals surface area contributed by atoms with Crippen molar-refractivity contribution in [3.05, 3.63) is 45.1 Å². The third-order valence-electron chi connectivity index (χ3n) is 5.87. The minimum Gasteiger partial charge on any atom is -0.360 e. The van der Waals surface area contributed by atoms with Crippen LogP contribution in [0, 0.1) is 12.3 Å². The highest BCUT2D eigenvalue weighted by atomic mass is 16.5. The quantitative estimate of drug-likeness (QED) is 0.730. The number of pyridine rings is 1. The van der Waals surface area contributed by atoms with E-state index in [2.05, 4.69) is 15.5 Å². The number of hydrogen-bond donors (Lipinski definition) is 2. The predicted octanol–water partition coefficient (Wildman–Crippen LogP) is 1.22. The van der Waals surface area contributed by atoms with Crippen molar-refractivity contribution in [1.82, 2.24) is 19.9 Å². The number of ketones is 1. The number of nitrogens with zero attached hydrogens (tertiary/aromatic N) is 3. The van der Waals surface area contributed by atoms with Gasteiger partial charge in [-0.3, -0.25) is 24.1 Å². The molecule has 1 aliphatic heterocycles. The molecule has 1 saturated heterocycles. The highest BCUT2D eigenvalue weighted by Crippen LogP contribution is 2.33. The molecule has 0 bridgehead atoms. The molecule has 0 spiro atoms. The molecular formula is C22H27N5O5. The Labute approximate surface area is 184 Å². The number of aryl methyl sites for hydroxylation is 1. The van der Waals surface area contributed by atoms with Gasteiger partial charge in [-0.15, -0.1) is 0 Å². The first-order chi connectivity index (χ1) is 15.1. The second kappa shape index (κ2) is 8.34. The highest BCUT2D eigenvalue weighted by Gasteiger charge is 2.33. The highest BCUT2D eigenvalue weighted by molar-refractivity contribution is 6.02. The molecule has 0 radical (unpaired) electrons. The zero-order valence-corrected chi connectivity index (χ0v) is 18.5. The maximum Gasteiger partial charge on any atom is 0.261 e. The predicted molar refractivity (Wildman–Crippen MR) is 116 cm³/mol. The maximum atomic E-state index is 13.0. The van der Waals surface area contributed by atoms with Crippen molar-refractivity contribution in [1.29, 1.82) is 0 Å². The molecule has 170 valence electrons. The van der Waals surface area contributed by atoms with Gasteiger partial charge in [0, 0.05) is 49.9 Å². The number of nitrogens with one attached hydrogen (secondary N) is 2. The fourth-order valence-electron chi connectivity index (χ4n) is 4.28. The number of hydrogen-bond acceptors (Lipinski definition) is 7. The summed E-state index contributed by atoms with van der Waals surface area (Å²) in [5, 5.41) is 6.41. The van der Waals surface area contributed by atoms with Crippen LogP contribution in [0.4, 0.5) is 5.82 Å². The third-order valence-corrected chi connectivity index (χ3v) is 5.87. The fraction of sp³-hybridized carbons (Fsp3) is 0.500. The summed E-state index contributed by atoms with van der Waals surface area (Å²) in [6, 6.07) is 3.09. The summed E-state index contributed by atoms with van der Waals surface area (Å²) in [6.07, 6.45) is 0.973. The molecular weight excluding hydrogens is 414 g/mol. The van der Waals surface area contributed by atoms with E-state index in [9.17, 15) is 19.2 Å². The van der Waals surface area contributed by atoms with E-state index in [0.29, 0.717) is 61.9 Å². The molecule has 0 unspecified atom stereocenters. The first-order valence-electron chi connectivity index (χ1n) is 10.7. The van der Waals surface area contributed by atoms with E-state index in [1.54, 1.807) is 17.9 Å². The lowest BCUT2D eigenvalue weighted by Crippen LogP contribution is -2.51. The number of H-pyrrole nitrogens is 1. The third kappa shape index (κ3) is 4.64. The minimum absolute atomic E-state index is 0.00981. The Hall–Kier alpha value is -3.27. The molecule has 10 heteroatoms. The molecule has 2 aromatic rings. The molecule has 0 aromatic carbocycles. The van der Waals surface area contributed by atoms with Gasteiger partial charge in [-0.2, -0.15) is 0 Å². The number of aromatic nitrogens is 2. The summed E-state index contributed by atoms with van der Waals surface area (Å²) in [4.78, 5) is 56.6.